The Labute approximate surface area is 198 Å². The standard InChI is InChI=1S/C27H38N4O2/c1-29(24-12-6-7-13-25(24)33-2)23-15-18-30(19-16-23)20-21-31(26-14-8-9-17-28-26)27(32)22-10-4-3-5-11-22/h6-9,12-14,17,22-23H,3-5,10-11,15-16,18-21H2,1-2H3. The Hall–Kier alpha value is -2.60. The Morgan fingerprint density at radius 3 is 2.45 bits per heavy atom. The lowest BCUT2D eigenvalue weighted by atomic mass is 9.88. The van der Waals surface area contributed by atoms with Crippen molar-refractivity contribution in [1.82, 2.24) is 9.88 Å². The van der Waals surface area contributed by atoms with Gasteiger partial charge >= 0.3 is 0 Å². The van der Waals surface area contributed by atoms with E-state index in [1.165, 1.54) is 19.3 Å². The summed E-state index contributed by atoms with van der Waals surface area (Å²) in [5.41, 5.74) is 1.15. The van der Waals surface area contributed by atoms with Gasteiger partial charge in [-0.2, -0.15) is 0 Å². The molecule has 6 heteroatoms. The number of carbonyl (C=O) groups excluding carboxylic acids is 1. The molecule has 2 aromatic rings. The van der Waals surface area contributed by atoms with Crippen LogP contribution in [0.2, 0.25) is 0 Å². The summed E-state index contributed by atoms with van der Waals surface area (Å²) in [5, 5.41) is 0. The fourth-order valence-electron chi connectivity index (χ4n) is 5.31. The molecule has 4 rings (SSSR count). The average molecular weight is 451 g/mol. The van der Waals surface area contributed by atoms with Gasteiger partial charge in [-0.15, -0.1) is 0 Å². The summed E-state index contributed by atoms with van der Waals surface area (Å²) in [7, 11) is 3.90. The molecule has 2 fully saturated rings. The number of hydrogen-bond donors (Lipinski definition) is 0. The molecule has 0 atom stereocenters. The van der Waals surface area contributed by atoms with Gasteiger partial charge in [0.25, 0.3) is 0 Å². The first-order valence-electron chi connectivity index (χ1n) is 12.5. The number of amides is 1. The Balaban J connectivity index is 1.34. The Bertz CT molecular complexity index is 877. The van der Waals surface area contributed by atoms with E-state index in [4.69, 9.17) is 4.74 Å². The minimum Gasteiger partial charge on any atom is -0.495 e. The van der Waals surface area contributed by atoms with Crippen LogP contribution in [0.25, 0.3) is 0 Å². The van der Waals surface area contributed by atoms with Gasteiger partial charge in [-0.05, 0) is 49.9 Å². The summed E-state index contributed by atoms with van der Waals surface area (Å²) in [5.74, 6) is 2.13. The van der Waals surface area contributed by atoms with Crippen LogP contribution in [0.5, 0.6) is 5.75 Å². The van der Waals surface area contributed by atoms with E-state index in [-0.39, 0.29) is 11.8 Å². The van der Waals surface area contributed by atoms with Gasteiger partial charge in [-0.1, -0.05) is 37.5 Å². The maximum absolute atomic E-state index is 13.4. The van der Waals surface area contributed by atoms with Crippen molar-refractivity contribution in [2.75, 3.05) is 50.1 Å². The molecule has 1 aliphatic carbocycles. The number of piperidine rings is 1. The molecule has 178 valence electrons. The van der Waals surface area contributed by atoms with Crippen molar-refractivity contribution in [2.24, 2.45) is 5.92 Å². The number of anilines is 2. The van der Waals surface area contributed by atoms with Crippen molar-refractivity contribution in [3.63, 3.8) is 0 Å². The second kappa shape index (κ2) is 11.5. The van der Waals surface area contributed by atoms with Crippen LogP contribution >= 0.6 is 0 Å². The number of rotatable bonds is 8. The van der Waals surface area contributed by atoms with Crippen molar-refractivity contribution < 1.29 is 9.53 Å². The van der Waals surface area contributed by atoms with Crippen LogP contribution < -0.4 is 14.5 Å². The fraction of sp³-hybridized carbons (Fsp3) is 0.556. The monoisotopic (exact) mass is 450 g/mol. The third-order valence-electron chi connectivity index (χ3n) is 7.36. The molecule has 33 heavy (non-hydrogen) atoms. The van der Waals surface area contributed by atoms with E-state index in [1.54, 1.807) is 13.3 Å². The smallest absolute Gasteiger partial charge is 0.231 e. The number of benzene rings is 1. The highest BCUT2D eigenvalue weighted by molar-refractivity contribution is 5.94. The maximum atomic E-state index is 13.4. The topological polar surface area (TPSA) is 48.9 Å². The molecule has 1 saturated heterocycles. The summed E-state index contributed by atoms with van der Waals surface area (Å²) in [6, 6.07) is 14.6. The van der Waals surface area contributed by atoms with Crippen LogP contribution in [0.4, 0.5) is 11.5 Å². The maximum Gasteiger partial charge on any atom is 0.231 e. The second-order valence-electron chi connectivity index (χ2n) is 9.37. The van der Waals surface area contributed by atoms with Crippen LogP contribution in [-0.2, 0) is 4.79 Å². The zero-order valence-electron chi connectivity index (χ0n) is 20.2. The van der Waals surface area contributed by atoms with E-state index in [2.05, 4.69) is 34.0 Å². The van der Waals surface area contributed by atoms with Gasteiger partial charge in [0.05, 0.1) is 12.8 Å². The summed E-state index contributed by atoms with van der Waals surface area (Å²) in [6.07, 6.45) is 9.62. The minimum absolute atomic E-state index is 0.154. The quantitative estimate of drug-likeness (QED) is 0.588. The molecule has 0 N–H and O–H groups in total. The summed E-state index contributed by atoms with van der Waals surface area (Å²) >= 11 is 0. The SMILES string of the molecule is COc1ccccc1N(C)C1CCN(CCN(C(=O)C2CCCCC2)c2ccccn2)CC1. The largest absolute Gasteiger partial charge is 0.495 e. The zero-order valence-corrected chi connectivity index (χ0v) is 20.2. The number of aromatic nitrogens is 1. The first kappa shape index (κ1) is 23.6. The van der Waals surface area contributed by atoms with Crippen molar-refractivity contribution in [3.8, 4) is 5.75 Å². The summed E-state index contributed by atoms with van der Waals surface area (Å²) in [6.45, 7) is 3.68. The highest BCUT2D eigenvalue weighted by atomic mass is 16.5. The summed E-state index contributed by atoms with van der Waals surface area (Å²) in [4.78, 5) is 24.7. The molecule has 0 unspecified atom stereocenters. The Morgan fingerprint density at radius 1 is 1.03 bits per heavy atom. The lowest BCUT2D eigenvalue weighted by Gasteiger charge is -2.39. The predicted octanol–water partition coefficient (Wildman–Crippen LogP) is 4.60. The van der Waals surface area contributed by atoms with Gasteiger partial charge in [0.2, 0.25) is 5.91 Å². The Morgan fingerprint density at radius 2 is 1.76 bits per heavy atom. The summed E-state index contributed by atoms with van der Waals surface area (Å²) < 4.78 is 5.56. The molecule has 0 bridgehead atoms. The molecule has 0 radical (unpaired) electrons. The third kappa shape index (κ3) is 5.85. The van der Waals surface area contributed by atoms with Crippen molar-refractivity contribution in [2.45, 2.75) is 51.0 Å². The number of hydrogen-bond acceptors (Lipinski definition) is 5. The number of ether oxygens (including phenoxy) is 1. The third-order valence-corrected chi connectivity index (χ3v) is 7.36. The number of nitrogens with zero attached hydrogens (tertiary/aromatic N) is 4. The number of methoxy groups -OCH3 is 1. The lowest BCUT2D eigenvalue weighted by molar-refractivity contribution is -0.123. The van der Waals surface area contributed by atoms with E-state index in [1.807, 2.05) is 35.2 Å². The minimum atomic E-state index is 0.154. The molecular formula is C27H38N4O2. The van der Waals surface area contributed by atoms with Crippen molar-refractivity contribution in [3.05, 3.63) is 48.7 Å². The first-order valence-corrected chi connectivity index (χ1v) is 12.5. The van der Waals surface area contributed by atoms with Crippen molar-refractivity contribution in [1.29, 1.82) is 0 Å². The number of pyridine rings is 1. The molecule has 1 aliphatic heterocycles. The van der Waals surface area contributed by atoms with Gasteiger partial charge in [-0.3, -0.25) is 9.69 Å². The molecule has 2 heterocycles. The number of para-hydroxylation sites is 2. The number of carbonyl (C=O) groups is 1. The van der Waals surface area contributed by atoms with Crippen LogP contribution in [-0.4, -0.2) is 62.2 Å². The molecule has 0 spiro atoms. The molecule has 1 amide bonds. The van der Waals surface area contributed by atoms with E-state index in [0.717, 1.165) is 62.6 Å². The highest BCUT2D eigenvalue weighted by Gasteiger charge is 2.29. The van der Waals surface area contributed by atoms with E-state index < -0.39 is 0 Å². The molecule has 6 nitrogen and oxygen atoms in total. The lowest BCUT2D eigenvalue weighted by Crippen LogP contribution is -2.47. The molecular weight excluding hydrogens is 412 g/mol. The highest BCUT2D eigenvalue weighted by Crippen LogP contribution is 2.31. The normalized spacial score (nSPS) is 18.1. The molecule has 1 saturated carbocycles. The zero-order chi connectivity index (χ0) is 23.0. The van der Waals surface area contributed by atoms with Crippen LogP contribution in [0.3, 0.4) is 0 Å². The predicted molar refractivity (Wildman–Crippen MR) is 134 cm³/mol. The fourth-order valence-corrected chi connectivity index (χ4v) is 5.31. The van der Waals surface area contributed by atoms with Crippen LogP contribution in [0.15, 0.2) is 48.7 Å². The van der Waals surface area contributed by atoms with E-state index in [9.17, 15) is 4.79 Å². The molecule has 1 aromatic carbocycles. The van der Waals surface area contributed by atoms with Crippen molar-refractivity contribution >= 4 is 17.4 Å². The van der Waals surface area contributed by atoms with E-state index in [0.29, 0.717) is 12.6 Å². The van der Waals surface area contributed by atoms with Crippen LogP contribution in [0.1, 0.15) is 44.9 Å². The van der Waals surface area contributed by atoms with Gasteiger partial charge in [0.1, 0.15) is 11.6 Å². The first-order chi connectivity index (χ1) is 16.2. The Kier molecular flexibility index (Phi) is 8.21. The van der Waals surface area contributed by atoms with Gasteiger partial charge in [0, 0.05) is 51.4 Å². The van der Waals surface area contributed by atoms with Gasteiger partial charge in [0.15, 0.2) is 0 Å². The van der Waals surface area contributed by atoms with Crippen LogP contribution in [0, 0.1) is 5.92 Å². The average Bonchev–Trinajstić information content (AvgIpc) is 2.89. The van der Waals surface area contributed by atoms with Gasteiger partial charge < -0.3 is 14.5 Å². The van der Waals surface area contributed by atoms with Gasteiger partial charge in [-0.25, -0.2) is 4.98 Å². The molecule has 1 aromatic heterocycles. The second-order valence-corrected chi connectivity index (χ2v) is 9.37. The number of likely N-dealkylation sites (tertiary alicyclic amines) is 1. The van der Waals surface area contributed by atoms with E-state index >= 15 is 0 Å². The molecule has 2 aliphatic rings.